The van der Waals surface area contributed by atoms with Crippen molar-refractivity contribution < 1.29 is 4.92 Å². The lowest BCUT2D eigenvalue weighted by atomic mass is 10.1. The zero-order chi connectivity index (χ0) is 13.0. The van der Waals surface area contributed by atoms with Crippen LogP contribution < -0.4 is 0 Å². The monoisotopic (exact) mass is 240 g/mol. The Hall–Kier alpha value is -2.49. The third-order valence-electron chi connectivity index (χ3n) is 2.53. The Labute approximate surface area is 105 Å². The van der Waals surface area contributed by atoms with Crippen molar-refractivity contribution in [3.63, 3.8) is 0 Å². The van der Waals surface area contributed by atoms with E-state index in [1.165, 1.54) is 12.1 Å². The Morgan fingerprint density at radius 2 is 1.83 bits per heavy atom. The average Bonchev–Trinajstić information content (AvgIpc) is 2.40. The van der Waals surface area contributed by atoms with Crippen molar-refractivity contribution >= 4 is 17.1 Å². The highest BCUT2D eigenvalue weighted by Gasteiger charge is 2.05. The number of hydrogen-bond acceptors (Lipinski definition) is 3. The molecular formula is C14H12N2O2. The zero-order valence-corrected chi connectivity index (χ0v) is 9.91. The number of benzene rings is 2. The van der Waals surface area contributed by atoms with E-state index in [1.54, 1.807) is 12.1 Å². The second-order valence-electron chi connectivity index (χ2n) is 3.84. The second-order valence-corrected chi connectivity index (χ2v) is 3.84. The molecule has 0 N–H and O–H groups in total. The van der Waals surface area contributed by atoms with Crippen LogP contribution in [0.1, 0.15) is 12.5 Å². The molecular weight excluding hydrogens is 228 g/mol. The number of hydrogen-bond donors (Lipinski definition) is 0. The van der Waals surface area contributed by atoms with Gasteiger partial charge in [-0.3, -0.25) is 15.1 Å². The van der Waals surface area contributed by atoms with Gasteiger partial charge in [-0.15, -0.1) is 0 Å². The Morgan fingerprint density at radius 3 is 2.50 bits per heavy atom. The first-order valence-corrected chi connectivity index (χ1v) is 5.52. The van der Waals surface area contributed by atoms with Crippen molar-refractivity contribution in [2.24, 2.45) is 4.99 Å². The number of nitro benzene ring substituents is 1. The fourth-order valence-electron chi connectivity index (χ4n) is 1.61. The molecule has 0 amide bonds. The second kappa shape index (κ2) is 5.23. The van der Waals surface area contributed by atoms with Crippen LogP contribution >= 0.6 is 0 Å². The summed E-state index contributed by atoms with van der Waals surface area (Å²) in [5.74, 6) is 0. The van der Waals surface area contributed by atoms with Gasteiger partial charge in [-0.25, -0.2) is 0 Å². The maximum absolute atomic E-state index is 10.7. The third-order valence-corrected chi connectivity index (χ3v) is 2.53. The smallest absolute Gasteiger partial charge is 0.258 e. The molecule has 0 radical (unpaired) electrons. The Bertz CT molecular complexity index is 592. The highest BCUT2D eigenvalue weighted by Crippen LogP contribution is 2.20. The van der Waals surface area contributed by atoms with Crippen molar-refractivity contribution in [1.82, 2.24) is 0 Å². The van der Waals surface area contributed by atoms with Crippen molar-refractivity contribution in [1.29, 1.82) is 0 Å². The van der Waals surface area contributed by atoms with Crippen LogP contribution in [0.3, 0.4) is 0 Å². The zero-order valence-electron chi connectivity index (χ0n) is 9.91. The summed E-state index contributed by atoms with van der Waals surface area (Å²) >= 11 is 0. The van der Waals surface area contributed by atoms with Gasteiger partial charge in [-0.1, -0.05) is 36.4 Å². The summed E-state index contributed by atoms with van der Waals surface area (Å²) in [5, 5.41) is 10.7. The molecule has 0 unspecified atom stereocenters. The Balaban J connectivity index is 2.33. The van der Waals surface area contributed by atoms with E-state index in [0.717, 1.165) is 11.3 Å². The van der Waals surface area contributed by atoms with Crippen molar-refractivity contribution in [2.45, 2.75) is 6.92 Å². The predicted octanol–water partition coefficient (Wildman–Crippen LogP) is 3.74. The number of aliphatic imine (C=N–C) groups is 1. The fraction of sp³-hybridized carbons (Fsp3) is 0.0714. The van der Waals surface area contributed by atoms with Gasteiger partial charge in [-0.05, 0) is 18.6 Å². The van der Waals surface area contributed by atoms with Gasteiger partial charge in [-0.2, -0.15) is 0 Å². The lowest BCUT2D eigenvalue weighted by molar-refractivity contribution is -0.384. The van der Waals surface area contributed by atoms with Gasteiger partial charge in [0, 0.05) is 17.8 Å². The van der Waals surface area contributed by atoms with E-state index in [0.29, 0.717) is 5.69 Å². The molecule has 0 aliphatic carbocycles. The minimum Gasteiger partial charge on any atom is -0.258 e. The summed E-state index contributed by atoms with van der Waals surface area (Å²) in [6.07, 6.45) is 0. The normalized spacial score (nSPS) is 11.3. The van der Waals surface area contributed by atoms with E-state index >= 15 is 0 Å². The van der Waals surface area contributed by atoms with Crippen LogP contribution in [-0.4, -0.2) is 10.6 Å². The summed E-state index contributed by atoms with van der Waals surface area (Å²) in [5.41, 5.74) is 2.47. The van der Waals surface area contributed by atoms with Crippen LogP contribution in [0, 0.1) is 10.1 Å². The fourth-order valence-corrected chi connectivity index (χ4v) is 1.61. The molecule has 0 aliphatic heterocycles. The first kappa shape index (κ1) is 12.0. The predicted molar refractivity (Wildman–Crippen MR) is 71.4 cm³/mol. The standard InChI is InChI=1S/C14H12N2O2/c1-11(12-6-3-2-4-7-12)15-13-8-5-9-14(10-13)16(17)18/h2-10H,1H3. The van der Waals surface area contributed by atoms with Crippen LogP contribution in [0.2, 0.25) is 0 Å². The quantitative estimate of drug-likeness (QED) is 0.466. The minimum atomic E-state index is -0.420. The molecule has 0 atom stereocenters. The lowest BCUT2D eigenvalue weighted by Crippen LogP contribution is -1.93. The third kappa shape index (κ3) is 2.79. The molecule has 0 spiro atoms. The highest BCUT2D eigenvalue weighted by molar-refractivity contribution is 6.00. The molecule has 2 aromatic rings. The van der Waals surface area contributed by atoms with Gasteiger partial charge < -0.3 is 0 Å². The molecule has 0 aliphatic rings. The summed E-state index contributed by atoms with van der Waals surface area (Å²) in [7, 11) is 0. The maximum atomic E-state index is 10.7. The number of non-ortho nitro benzene ring substituents is 1. The number of nitrogens with zero attached hydrogens (tertiary/aromatic N) is 2. The van der Waals surface area contributed by atoms with Gasteiger partial charge in [0.05, 0.1) is 10.6 Å². The summed E-state index contributed by atoms with van der Waals surface area (Å²) in [6, 6.07) is 16.0. The van der Waals surface area contributed by atoms with Gasteiger partial charge in [0.25, 0.3) is 5.69 Å². The summed E-state index contributed by atoms with van der Waals surface area (Å²) < 4.78 is 0. The van der Waals surface area contributed by atoms with Crippen LogP contribution in [0.25, 0.3) is 0 Å². The van der Waals surface area contributed by atoms with Gasteiger partial charge in [0.1, 0.15) is 0 Å². The summed E-state index contributed by atoms with van der Waals surface area (Å²) in [4.78, 5) is 14.6. The summed E-state index contributed by atoms with van der Waals surface area (Å²) in [6.45, 7) is 1.88. The topological polar surface area (TPSA) is 55.5 Å². The van der Waals surface area contributed by atoms with Gasteiger partial charge >= 0.3 is 0 Å². The van der Waals surface area contributed by atoms with Crippen LogP contribution in [0.15, 0.2) is 59.6 Å². The largest absolute Gasteiger partial charge is 0.271 e. The molecule has 0 heterocycles. The van der Waals surface area contributed by atoms with Crippen LogP contribution in [-0.2, 0) is 0 Å². The molecule has 0 saturated heterocycles. The Morgan fingerprint density at radius 1 is 1.11 bits per heavy atom. The number of rotatable bonds is 3. The molecule has 0 bridgehead atoms. The van der Waals surface area contributed by atoms with E-state index in [4.69, 9.17) is 0 Å². The molecule has 2 aromatic carbocycles. The molecule has 2 rings (SSSR count). The molecule has 0 saturated carbocycles. The van der Waals surface area contributed by atoms with Crippen molar-refractivity contribution in [2.75, 3.05) is 0 Å². The first-order valence-electron chi connectivity index (χ1n) is 5.52. The van der Waals surface area contributed by atoms with E-state index in [2.05, 4.69) is 4.99 Å². The molecule has 0 aromatic heterocycles. The molecule has 90 valence electrons. The van der Waals surface area contributed by atoms with Gasteiger partial charge in [0.2, 0.25) is 0 Å². The number of nitro groups is 1. The van der Waals surface area contributed by atoms with Gasteiger partial charge in [0.15, 0.2) is 0 Å². The highest BCUT2D eigenvalue weighted by atomic mass is 16.6. The van der Waals surface area contributed by atoms with E-state index in [1.807, 2.05) is 37.3 Å². The molecule has 4 heteroatoms. The molecule has 0 fully saturated rings. The molecule has 4 nitrogen and oxygen atoms in total. The first-order chi connectivity index (χ1) is 8.66. The maximum Gasteiger partial charge on any atom is 0.271 e. The SMILES string of the molecule is CC(=Nc1cccc([N+](=O)[O-])c1)c1ccccc1. The van der Waals surface area contributed by atoms with E-state index in [9.17, 15) is 10.1 Å². The average molecular weight is 240 g/mol. The lowest BCUT2D eigenvalue weighted by Gasteiger charge is -2.00. The Kier molecular flexibility index (Phi) is 3.48. The van der Waals surface area contributed by atoms with E-state index in [-0.39, 0.29) is 5.69 Å². The van der Waals surface area contributed by atoms with Crippen LogP contribution in [0.5, 0.6) is 0 Å². The minimum absolute atomic E-state index is 0.0529. The van der Waals surface area contributed by atoms with E-state index < -0.39 is 4.92 Å². The molecule has 18 heavy (non-hydrogen) atoms. The van der Waals surface area contributed by atoms with Crippen molar-refractivity contribution in [3.8, 4) is 0 Å². The van der Waals surface area contributed by atoms with Crippen LogP contribution in [0.4, 0.5) is 11.4 Å². The van der Waals surface area contributed by atoms with Crippen molar-refractivity contribution in [3.05, 3.63) is 70.3 Å².